The molecule has 9 nitrogen and oxygen atoms in total. The molecule has 1 N–H and O–H groups in total. The number of methoxy groups -OCH3 is 3. The Balaban J connectivity index is 1.54. The van der Waals surface area contributed by atoms with E-state index in [0.717, 1.165) is 28.1 Å². The zero-order chi connectivity index (χ0) is 24.5. The number of nitrogens with one attached hydrogen (secondary N) is 1. The van der Waals surface area contributed by atoms with E-state index >= 15 is 0 Å². The number of Topliss-reactive ketones (excluding diaryl/α,β-unsaturated/α-hetero) is 1. The summed E-state index contributed by atoms with van der Waals surface area (Å²) in [5.41, 5.74) is 3.48. The third-order valence-electron chi connectivity index (χ3n) is 6.53. The number of fused-ring (bicyclic) bond motifs is 1. The zero-order valence-corrected chi connectivity index (χ0v) is 20.2. The number of allylic oxidation sites excluding steroid dienone is 2. The Kier molecular flexibility index (Phi) is 6.07. The number of carbonyl (C=O) groups is 1. The minimum Gasteiger partial charge on any atom is -0.494 e. The summed E-state index contributed by atoms with van der Waals surface area (Å²) < 4.78 is 23.9. The molecule has 1 aliphatic carbocycles. The smallest absolute Gasteiger partial charge is 0.226 e. The molecule has 1 aliphatic heterocycles. The summed E-state index contributed by atoms with van der Waals surface area (Å²) in [6.45, 7) is 2.54. The van der Waals surface area contributed by atoms with Crippen LogP contribution in [0.5, 0.6) is 23.0 Å². The molecule has 0 unspecified atom stereocenters. The van der Waals surface area contributed by atoms with Gasteiger partial charge in [0, 0.05) is 17.7 Å². The summed E-state index contributed by atoms with van der Waals surface area (Å²) in [7, 11) is 4.75. The van der Waals surface area contributed by atoms with E-state index in [1.165, 1.54) is 6.33 Å². The molecule has 0 saturated carbocycles. The molecule has 1 aromatic heterocycles. The Morgan fingerprint density at radius 2 is 1.71 bits per heavy atom. The number of carbonyl (C=O) groups excluding carboxylic acids is 1. The molecule has 0 saturated heterocycles. The van der Waals surface area contributed by atoms with Gasteiger partial charge in [-0.15, -0.1) is 0 Å². The standard InChI is InChI=1S/C26H28N4O5/c1-5-35-18-8-6-15(7-9-18)24-23-19(29-26-27-14-28-30(24)26)10-16(11-20(23)31)17-12-21(32-2)25(34-4)22(13-17)33-3/h6-9,12-14,16,24H,5,10-11H2,1-4H3,(H,27,28,29)/t16-,24-/m1/s1. The maximum absolute atomic E-state index is 13.7. The fourth-order valence-corrected chi connectivity index (χ4v) is 4.95. The SMILES string of the molecule is CCOc1ccc([C@@H]2C3=C(C[C@@H](c4cc(OC)c(OC)c(OC)c4)CC3=O)Nc3ncnn32)cc1. The lowest BCUT2D eigenvalue weighted by Crippen LogP contribution is -2.33. The van der Waals surface area contributed by atoms with Crippen LogP contribution in [0.1, 0.15) is 42.9 Å². The fraction of sp³-hybridized carbons (Fsp3) is 0.346. The average Bonchev–Trinajstić information content (AvgIpc) is 3.35. The van der Waals surface area contributed by atoms with E-state index in [0.29, 0.717) is 42.6 Å². The van der Waals surface area contributed by atoms with Crippen LogP contribution in [0.4, 0.5) is 5.95 Å². The van der Waals surface area contributed by atoms with E-state index in [9.17, 15) is 4.79 Å². The third-order valence-corrected chi connectivity index (χ3v) is 6.53. The van der Waals surface area contributed by atoms with Crippen LogP contribution >= 0.6 is 0 Å². The minimum absolute atomic E-state index is 0.0575. The van der Waals surface area contributed by atoms with Crippen molar-refractivity contribution in [3.63, 3.8) is 0 Å². The minimum atomic E-state index is -0.354. The van der Waals surface area contributed by atoms with Crippen LogP contribution in [0.3, 0.4) is 0 Å². The molecule has 3 aromatic rings. The highest BCUT2D eigenvalue weighted by molar-refractivity contribution is 6.00. The number of ether oxygens (including phenoxy) is 4. The van der Waals surface area contributed by atoms with Crippen molar-refractivity contribution in [1.82, 2.24) is 14.8 Å². The molecule has 2 aliphatic rings. The van der Waals surface area contributed by atoms with E-state index in [-0.39, 0.29) is 17.7 Å². The molecule has 0 amide bonds. The van der Waals surface area contributed by atoms with Gasteiger partial charge in [0.1, 0.15) is 18.1 Å². The predicted octanol–water partition coefficient (Wildman–Crippen LogP) is 4.12. The van der Waals surface area contributed by atoms with E-state index in [2.05, 4.69) is 15.4 Å². The lowest BCUT2D eigenvalue weighted by Gasteiger charge is -2.35. The molecule has 5 rings (SSSR count). The number of aromatic nitrogens is 3. The van der Waals surface area contributed by atoms with Crippen LogP contribution in [-0.2, 0) is 4.79 Å². The Hall–Kier alpha value is -4.01. The first-order valence-corrected chi connectivity index (χ1v) is 11.5. The van der Waals surface area contributed by atoms with Gasteiger partial charge in [0.05, 0.1) is 27.9 Å². The Bertz CT molecular complexity index is 1260. The number of nitrogens with zero attached hydrogens (tertiary/aromatic N) is 3. The van der Waals surface area contributed by atoms with Gasteiger partial charge in [0.2, 0.25) is 11.7 Å². The Morgan fingerprint density at radius 1 is 1.00 bits per heavy atom. The predicted molar refractivity (Wildman–Crippen MR) is 130 cm³/mol. The molecule has 2 aromatic carbocycles. The molecule has 9 heteroatoms. The summed E-state index contributed by atoms with van der Waals surface area (Å²) in [6.07, 6.45) is 2.50. The molecule has 0 spiro atoms. The van der Waals surface area contributed by atoms with Crippen molar-refractivity contribution in [2.45, 2.75) is 31.7 Å². The fourth-order valence-electron chi connectivity index (χ4n) is 4.95. The largest absolute Gasteiger partial charge is 0.494 e. The number of hydrogen-bond donors (Lipinski definition) is 1. The summed E-state index contributed by atoms with van der Waals surface area (Å²) in [4.78, 5) is 18.0. The van der Waals surface area contributed by atoms with Crippen molar-refractivity contribution in [2.24, 2.45) is 0 Å². The van der Waals surface area contributed by atoms with Crippen molar-refractivity contribution in [1.29, 1.82) is 0 Å². The first-order chi connectivity index (χ1) is 17.1. The van der Waals surface area contributed by atoms with Gasteiger partial charge in [-0.05, 0) is 54.7 Å². The molecule has 35 heavy (non-hydrogen) atoms. The second-order valence-corrected chi connectivity index (χ2v) is 8.44. The van der Waals surface area contributed by atoms with Crippen LogP contribution < -0.4 is 24.3 Å². The van der Waals surface area contributed by atoms with Crippen molar-refractivity contribution < 1.29 is 23.7 Å². The van der Waals surface area contributed by atoms with Crippen molar-refractivity contribution in [2.75, 3.05) is 33.3 Å². The highest BCUT2D eigenvalue weighted by Crippen LogP contribution is 2.47. The quantitative estimate of drug-likeness (QED) is 0.544. The second-order valence-electron chi connectivity index (χ2n) is 8.44. The monoisotopic (exact) mass is 476 g/mol. The first-order valence-electron chi connectivity index (χ1n) is 11.5. The number of rotatable bonds is 7. The highest BCUT2D eigenvalue weighted by Gasteiger charge is 2.39. The Labute approximate surface area is 203 Å². The van der Waals surface area contributed by atoms with E-state index in [1.807, 2.05) is 43.3 Å². The van der Waals surface area contributed by atoms with Crippen LogP contribution in [0.15, 0.2) is 54.0 Å². The zero-order valence-electron chi connectivity index (χ0n) is 20.2. The number of anilines is 1. The lowest BCUT2D eigenvalue weighted by molar-refractivity contribution is -0.116. The molecule has 182 valence electrons. The van der Waals surface area contributed by atoms with Gasteiger partial charge in [-0.1, -0.05) is 12.1 Å². The molecule has 0 bridgehead atoms. The van der Waals surface area contributed by atoms with E-state index in [4.69, 9.17) is 18.9 Å². The van der Waals surface area contributed by atoms with E-state index in [1.54, 1.807) is 26.0 Å². The number of ketones is 1. The summed E-state index contributed by atoms with van der Waals surface area (Å²) in [5, 5.41) is 7.78. The van der Waals surface area contributed by atoms with Gasteiger partial charge in [-0.3, -0.25) is 4.79 Å². The number of benzene rings is 2. The van der Waals surface area contributed by atoms with Crippen LogP contribution in [-0.4, -0.2) is 48.5 Å². The maximum atomic E-state index is 13.7. The van der Waals surface area contributed by atoms with Gasteiger partial charge in [0.15, 0.2) is 17.3 Å². The number of hydrogen-bond acceptors (Lipinski definition) is 8. The van der Waals surface area contributed by atoms with Gasteiger partial charge in [0.25, 0.3) is 0 Å². The first kappa shape index (κ1) is 22.8. The average molecular weight is 477 g/mol. The van der Waals surface area contributed by atoms with Gasteiger partial charge < -0.3 is 24.3 Å². The normalized spacial score (nSPS) is 18.9. The van der Waals surface area contributed by atoms with Gasteiger partial charge >= 0.3 is 0 Å². The molecular weight excluding hydrogens is 448 g/mol. The van der Waals surface area contributed by atoms with Crippen LogP contribution in [0.2, 0.25) is 0 Å². The van der Waals surface area contributed by atoms with Crippen molar-refractivity contribution in [3.05, 3.63) is 65.1 Å². The summed E-state index contributed by atoms with van der Waals surface area (Å²) in [5.74, 6) is 3.07. The molecule has 0 radical (unpaired) electrons. The Morgan fingerprint density at radius 3 is 2.34 bits per heavy atom. The highest BCUT2D eigenvalue weighted by atomic mass is 16.5. The second kappa shape index (κ2) is 9.32. The van der Waals surface area contributed by atoms with Crippen LogP contribution in [0.25, 0.3) is 0 Å². The van der Waals surface area contributed by atoms with Crippen LogP contribution in [0, 0.1) is 0 Å². The third kappa shape index (κ3) is 3.96. The van der Waals surface area contributed by atoms with E-state index < -0.39 is 0 Å². The topological polar surface area (TPSA) is 96.7 Å². The summed E-state index contributed by atoms with van der Waals surface area (Å²) in [6, 6.07) is 11.3. The molecular formula is C26H28N4O5. The van der Waals surface area contributed by atoms with Crippen molar-refractivity contribution >= 4 is 11.7 Å². The molecule has 0 fully saturated rings. The lowest BCUT2D eigenvalue weighted by atomic mass is 9.77. The van der Waals surface area contributed by atoms with Gasteiger partial charge in [-0.25, -0.2) is 4.68 Å². The summed E-state index contributed by atoms with van der Waals surface area (Å²) >= 11 is 0. The van der Waals surface area contributed by atoms with Crippen molar-refractivity contribution in [3.8, 4) is 23.0 Å². The molecule has 2 heterocycles. The molecule has 2 atom stereocenters. The maximum Gasteiger partial charge on any atom is 0.226 e. The van der Waals surface area contributed by atoms with Gasteiger partial charge in [-0.2, -0.15) is 10.1 Å².